The third-order valence-corrected chi connectivity index (χ3v) is 13.5. The topological polar surface area (TPSA) is 12.9 Å². The average Bonchev–Trinajstić information content (AvgIpc) is 3.81. The SMILES string of the molecule is c1ccc(-c2cc(-c3ccccc3)nc(-c3cccc4c5ccccc5c5ccc(-c6ccc7c(c6)-c6ccccc6C76c7ccccc7-c7ccccc76)cc5c34)c2)cc1. The molecule has 282 valence electrons. The highest BCUT2D eigenvalue weighted by molar-refractivity contribution is 6.28. The summed E-state index contributed by atoms with van der Waals surface area (Å²) in [7, 11) is 0. The van der Waals surface area contributed by atoms with Crippen molar-refractivity contribution in [3.8, 4) is 67.0 Å². The number of rotatable bonds is 4. The van der Waals surface area contributed by atoms with Crippen LogP contribution in [0.1, 0.15) is 22.3 Å². The molecule has 1 nitrogen and oxygen atoms in total. The Bertz CT molecular complexity index is 3480. The van der Waals surface area contributed by atoms with Gasteiger partial charge in [-0.3, -0.25) is 0 Å². The molecule has 0 N–H and O–H groups in total. The van der Waals surface area contributed by atoms with Gasteiger partial charge >= 0.3 is 0 Å². The van der Waals surface area contributed by atoms with Crippen molar-refractivity contribution >= 4 is 32.3 Å². The fourth-order valence-electron chi connectivity index (χ4n) is 10.9. The Morgan fingerprint density at radius 1 is 0.246 bits per heavy atom. The summed E-state index contributed by atoms with van der Waals surface area (Å²) in [5.41, 5.74) is 19.2. The van der Waals surface area contributed by atoms with Gasteiger partial charge < -0.3 is 0 Å². The fraction of sp³-hybridized carbons (Fsp3) is 0.0167. The lowest BCUT2D eigenvalue weighted by Crippen LogP contribution is -2.25. The quantitative estimate of drug-likeness (QED) is 0.162. The van der Waals surface area contributed by atoms with Gasteiger partial charge in [0.2, 0.25) is 0 Å². The molecule has 61 heavy (non-hydrogen) atoms. The van der Waals surface area contributed by atoms with Gasteiger partial charge in [-0.05, 0) is 123 Å². The Hall–Kier alpha value is -7.87. The molecule has 0 saturated carbocycles. The molecular formula is C60H37N. The Morgan fingerprint density at radius 3 is 1.41 bits per heavy atom. The molecule has 0 amide bonds. The van der Waals surface area contributed by atoms with Gasteiger partial charge in [0.05, 0.1) is 16.8 Å². The lowest BCUT2D eigenvalue weighted by atomic mass is 9.70. The van der Waals surface area contributed by atoms with Gasteiger partial charge in [-0.1, -0.05) is 200 Å². The van der Waals surface area contributed by atoms with Gasteiger partial charge in [-0.25, -0.2) is 4.98 Å². The predicted molar refractivity (Wildman–Crippen MR) is 255 cm³/mol. The number of hydrogen-bond donors (Lipinski definition) is 0. The zero-order chi connectivity index (χ0) is 40.1. The van der Waals surface area contributed by atoms with Crippen molar-refractivity contribution in [1.29, 1.82) is 0 Å². The monoisotopic (exact) mass is 771 g/mol. The number of benzene rings is 10. The number of nitrogens with zero attached hydrogens (tertiary/aromatic N) is 1. The van der Waals surface area contributed by atoms with Gasteiger partial charge in [-0.15, -0.1) is 0 Å². The molecule has 0 aliphatic heterocycles. The van der Waals surface area contributed by atoms with E-state index < -0.39 is 0 Å². The van der Waals surface area contributed by atoms with E-state index in [1.165, 1.54) is 93.5 Å². The lowest BCUT2D eigenvalue weighted by molar-refractivity contribution is 0.794. The molecule has 1 heterocycles. The molecule has 1 aromatic heterocycles. The van der Waals surface area contributed by atoms with E-state index in [0.29, 0.717) is 0 Å². The minimum atomic E-state index is -0.356. The Labute approximate surface area is 354 Å². The van der Waals surface area contributed by atoms with E-state index in [2.05, 4.69) is 224 Å². The van der Waals surface area contributed by atoms with E-state index in [4.69, 9.17) is 4.98 Å². The molecular weight excluding hydrogens is 735 g/mol. The van der Waals surface area contributed by atoms with Gasteiger partial charge in [-0.2, -0.15) is 0 Å². The van der Waals surface area contributed by atoms with Crippen molar-refractivity contribution in [3.05, 3.63) is 247 Å². The fourth-order valence-corrected chi connectivity index (χ4v) is 10.9. The molecule has 2 aliphatic carbocycles. The van der Waals surface area contributed by atoms with Crippen LogP contribution in [0.25, 0.3) is 99.3 Å². The third kappa shape index (κ3) is 4.86. The second kappa shape index (κ2) is 13.1. The molecule has 1 heteroatoms. The molecule has 0 fully saturated rings. The van der Waals surface area contributed by atoms with Crippen LogP contribution in [0.15, 0.2) is 224 Å². The summed E-state index contributed by atoms with van der Waals surface area (Å²) in [5.74, 6) is 0. The van der Waals surface area contributed by atoms with Gasteiger partial charge in [0.15, 0.2) is 0 Å². The molecule has 11 aromatic rings. The molecule has 13 rings (SSSR count). The first-order chi connectivity index (χ1) is 30.3. The molecule has 0 atom stereocenters. The van der Waals surface area contributed by atoms with Crippen LogP contribution in [0, 0.1) is 0 Å². The van der Waals surface area contributed by atoms with Crippen LogP contribution >= 0.6 is 0 Å². The number of pyridine rings is 1. The predicted octanol–water partition coefficient (Wildman–Crippen LogP) is 15.6. The van der Waals surface area contributed by atoms with Crippen molar-refractivity contribution in [3.63, 3.8) is 0 Å². The second-order valence-electron chi connectivity index (χ2n) is 16.5. The number of hydrogen-bond acceptors (Lipinski definition) is 1. The van der Waals surface area contributed by atoms with Gasteiger partial charge in [0, 0.05) is 11.1 Å². The Kier molecular flexibility index (Phi) is 7.29. The molecule has 0 unspecified atom stereocenters. The van der Waals surface area contributed by atoms with E-state index >= 15 is 0 Å². The van der Waals surface area contributed by atoms with E-state index in [1.807, 2.05) is 0 Å². The van der Waals surface area contributed by atoms with E-state index in [-0.39, 0.29) is 5.41 Å². The second-order valence-corrected chi connectivity index (χ2v) is 16.5. The summed E-state index contributed by atoms with van der Waals surface area (Å²) >= 11 is 0. The van der Waals surface area contributed by atoms with E-state index in [9.17, 15) is 0 Å². The molecule has 0 saturated heterocycles. The molecule has 2 aliphatic rings. The maximum absolute atomic E-state index is 5.44. The number of aromatic nitrogens is 1. The van der Waals surface area contributed by atoms with Crippen LogP contribution in [0.4, 0.5) is 0 Å². The van der Waals surface area contributed by atoms with Gasteiger partial charge in [0.25, 0.3) is 0 Å². The highest BCUT2D eigenvalue weighted by Crippen LogP contribution is 2.63. The first-order valence-electron chi connectivity index (χ1n) is 21.2. The minimum absolute atomic E-state index is 0.356. The third-order valence-electron chi connectivity index (χ3n) is 13.5. The average molecular weight is 772 g/mol. The summed E-state index contributed by atoms with van der Waals surface area (Å²) < 4.78 is 0. The largest absolute Gasteiger partial charge is 0.248 e. The molecule has 10 aromatic carbocycles. The van der Waals surface area contributed by atoms with E-state index in [0.717, 1.165) is 28.1 Å². The first kappa shape index (κ1) is 34.0. The first-order valence-corrected chi connectivity index (χ1v) is 21.2. The summed E-state index contributed by atoms with van der Waals surface area (Å²) in [6.07, 6.45) is 0. The van der Waals surface area contributed by atoms with Crippen LogP contribution in [0.2, 0.25) is 0 Å². The van der Waals surface area contributed by atoms with Crippen LogP contribution in [0.5, 0.6) is 0 Å². The lowest BCUT2D eigenvalue weighted by Gasteiger charge is -2.30. The van der Waals surface area contributed by atoms with Crippen molar-refractivity contribution in [2.24, 2.45) is 0 Å². The summed E-state index contributed by atoms with van der Waals surface area (Å²) in [6.45, 7) is 0. The number of fused-ring (bicyclic) bond motifs is 16. The normalized spacial score (nSPS) is 13.0. The van der Waals surface area contributed by atoms with Crippen LogP contribution in [-0.4, -0.2) is 4.98 Å². The van der Waals surface area contributed by atoms with Crippen molar-refractivity contribution in [2.75, 3.05) is 0 Å². The van der Waals surface area contributed by atoms with Crippen LogP contribution < -0.4 is 0 Å². The van der Waals surface area contributed by atoms with E-state index in [1.54, 1.807) is 0 Å². The van der Waals surface area contributed by atoms with Crippen molar-refractivity contribution in [1.82, 2.24) is 4.98 Å². The zero-order valence-corrected chi connectivity index (χ0v) is 33.3. The molecule has 1 spiro atoms. The molecule has 0 radical (unpaired) electrons. The minimum Gasteiger partial charge on any atom is -0.248 e. The van der Waals surface area contributed by atoms with Crippen molar-refractivity contribution in [2.45, 2.75) is 5.41 Å². The van der Waals surface area contributed by atoms with Crippen molar-refractivity contribution < 1.29 is 0 Å². The summed E-state index contributed by atoms with van der Waals surface area (Å²) in [6, 6.07) is 82.8. The highest BCUT2D eigenvalue weighted by Gasteiger charge is 2.51. The Morgan fingerprint density at radius 2 is 0.721 bits per heavy atom. The standard InChI is InChI=1S/C60H37N/c1-3-16-38(17-4-1)42-36-57(39-18-5-2-6-19-39)61-58(37-42)50-26-15-25-49-44-21-8-7-20-43(44)45-32-30-40(35-52(45)59(49)50)41-31-33-56-51(34-41)48-24-11-14-29-55(48)60(56)53-27-12-9-22-46(53)47-23-10-13-28-54(47)60/h1-37H. The van der Waals surface area contributed by atoms with Crippen LogP contribution in [-0.2, 0) is 5.41 Å². The zero-order valence-electron chi connectivity index (χ0n) is 33.3. The van der Waals surface area contributed by atoms with Gasteiger partial charge in [0.1, 0.15) is 0 Å². The summed E-state index contributed by atoms with van der Waals surface area (Å²) in [5, 5.41) is 7.43. The van der Waals surface area contributed by atoms with Crippen LogP contribution in [0.3, 0.4) is 0 Å². The molecule has 0 bridgehead atoms. The highest BCUT2D eigenvalue weighted by atomic mass is 14.7. The maximum atomic E-state index is 5.44. The smallest absolute Gasteiger partial charge is 0.0725 e. The summed E-state index contributed by atoms with van der Waals surface area (Å²) in [4.78, 5) is 5.44. The Balaban J connectivity index is 1.06. The maximum Gasteiger partial charge on any atom is 0.0725 e.